The molecule has 0 unspecified atom stereocenters. The van der Waals surface area contributed by atoms with Crippen molar-refractivity contribution in [1.29, 1.82) is 0 Å². The van der Waals surface area contributed by atoms with Crippen LogP contribution in [0.15, 0.2) is 51.7 Å². The van der Waals surface area contributed by atoms with Gasteiger partial charge >= 0.3 is 0 Å². The number of aromatic nitrogens is 1. The van der Waals surface area contributed by atoms with Gasteiger partial charge in [-0.05, 0) is 30.9 Å². The third-order valence-corrected chi connectivity index (χ3v) is 5.35. The molecule has 0 aromatic carbocycles. The molecule has 0 spiro atoms. The minimum Gasteiger partial charge on any atom is -0.493 e. The van der Waals surface area contributed by atoms with E-state index in [-0.39, 0.29) is 23.2 Å². The van der Waals surface area contributed by atoms with Gasteiger partial charge in [0.1, 0.15) is 5.03 Å². The summed E-state index contributed by atoms with van der Waals surface area (Å²) >= 11 is 1.29. The van der Waals surface area contributed by atoms with Crippen LogP contribution in [0.5, 0.6) is 0 Å². The van der Waals surface area contributed by atoms with Crippen molar-refractivity contribution in [2.45, 2.75) is 37.1 Å². The van der Waals surface area contributed by atoms with Crippen LogP contribution in [0.3, 0.4) is 0 Å². The Morgan fingerprint density at radius 1 is 1.17 bits per heavy atom. The number of methoxy groups -OCH3 is 1. The monoisotopic (exact) mass is 329 g/mol. The van der Waals surface area contributed by atoms with Crippen LogP contribution in [-0.4, -0.2) is 23.7 Å². The van der Waals surface area contributed by atoms with E-state index in [2.05, 4.69) is 4.98 Å². The minimum absolute atomic E-state index is 0.141. The van der Waals surface area contributed by atoms with E-state index in [1.165, 1.54) is 31.4 Å². The summed E-state index contributed by atoms with van der Waals surface area (Å²) in [5.74, 6) is 0.00122. The predicted octanol–water partition coefficient (Wildman–Crippen LogP) is 3.69. The highest BCUT2D eigenvalue weighted by Crippen LogP contribution is 2.40. The molecule has 0 N–H and O–H groups in total. The highest BCUT2D eigenvalue weighted by atomic mass is 32.2. The Morgan fingerprint density at radius 2 is 1.96 bits per heavy atom. The Balaban J connectivity index is 2.00. The molecule has 1 aromatic rings. The van der Waals surface area contributed by atoms with Gasteiger partial charge in [0.2, 0.25) is 5.78 Å². The molecular weight excluding hydrogens is 310 g/mol. The molecule has 0 radical (unpaired) electrons. The maximum atomic E-state index is 12.8. The molecule has 23 heavy (non-hydrogen) atoms. The summed E-state index contributed by atoms with van der Waals surface area (Å²) in [6.45, 7) is 0. The molecule has 4 nitrogen and oxygen atoms in total. The maximum absolute atomic E-state index is 12.8. The van der Waals surface area contributed by atoms with E-state index in [9.17, 15) is 9.59 Å². The molecule has 0 bridgehead atoms. The second-order valence-electron chi connectivity index (χ2n) is 5.75. The summed E-state index contributed by atoms with van der Waals surface area (Å²) in [6, 6.07) is 5.56. The van der Waals surface area contributed by atoms with E-state index < -0.39 is 0 Å². The zero-order valence-electron chi connectivity index (χ0n) is 13.1. The number of hydrogen-bond donors (Lipinski definition) is 0. The number of hydrogen-bond acceptors (Lipinski definition) is 5. The zero-order chi connectivity index (χ0) is 16.2. The summed E-state index contributed by atoms with van der Waals surface area (Å²) in [5.41, 5.74) is 0.629. The van der Waals surface area contributed by atoms with E-state index in [4.69, 9.17) is 4.74 Å². The number of carbonyl (C=O) groups excluding carboxylic acids is 2. The van der Waals surface area contributed by atoms with Crippen molar-refractivity contribution in [3.8, 4) is 0 Å². The van der Waals surface area contributed by atoms with Crippen molar-refractivity contribution in [3.63, 3.8) is 0 Å². The third-order valence-electron chi connectivity index (χ3n) is 4.28. The number of carbonyl (C=O) groups is 2. The van der Waals surface area contributed by atoms with Gasteiger partial charge in [0.25, 0.3) is 0 Å². The lowest BCUT2D eigenvalue weighted by molar-refractivity contribution is -0.118. The second kappa shape index (κ2) is 7.13. The van der Waals surface area contributed by atoms with E-state index in [1.807, 2.05) is 18.2 Å². The molecule has 1 saturated carbocycles. The van der Waals surface area contributed by atoms with Crippen LogP contribution in [0.2, 0.25) is 0 Å². The van der Waals surface area contributed by atoms with Crippen LogP contribution < -0.4 is 0 Å². The standard InChI is InChI=1S/C18H19NO3S/c1-22-14-11-13(20)18(23-15-9-5-6-10-19-15)16(17(14)21)12-7-3-2-4-8-12/h5-6,9-12H,2-4,7-8H2,1H3. The molecule has 2 aliphatic carbocycles. The van der Waals surface area contributed by atoms with Gasteiger partial charge in [0.05, 0.1) is 12.0 Å². The van der Waals surface area contributed by atoms with E-state index in [1.54, 1.807) is 6.20 Å². The number of rotatable bonds is 4. The first-order valence-corrected chi connectivity index (χ1v) is 8.70. The molecule has 1 fully saturated rings. The third kappa shape index (κ3) is 3.39. The lowest BCUT2D eigenvalue weighted by Crippen LogP contribution is -2.25. The van der Waals surface area contributed by atoms with Gasteiger partial charge in [-0.3, -0.25) is 9.59 Å². The van der Waals surface area contributed by atoms with Crippen LogP contribution >= 0.6 is 11.8 Å². The summed E-state index contributed by atoms with van der Waals surface area (Å²) in [7, 11) is 1.44. The minimum atomic E-state index is -0.155. The molecule has 0 aliphatic heterocycles. The lowest BCUT2D eigenvalue weighted by atomic mass is 9.80. The fourth-order valence-electron chi connectivity index (χ4n) is 3.15. The number of ketones is 2. The average molecular weight is 329 g/mol. The molecular formula is C18H19NO3S. The maximum Gasteiger partial charge on any atom is 0.225 e. The number of ether oxygens (including phenoxy) is 1. The van der Waals surface area contributed by atoms with Gasteiger partial charge < -0.3 is 4.74 Å². The molecule has 1 aromatic heterocycles. The molecule has 0 amide bonds. The van der Waals surface area contributed by atoms with Crippen molar-refractivity contribution in [2.75, 3.05) is 7.11 Å². The smallest absolute Gasteiger partial charge is 0.225 e. The Bertz CT molecular complexity index is 673. The summed E-state index contributed by atoms with van der Waals surface area (Å²) in [5, 5.41) is 0.728. The molecule has 2 aliphatic rings. The predicted molar refractivity (Wildman–Crippen MR) is 88.8 cm³/mol. The van der Waals surface area contributed by atoms with E-state index in [0.717, 1.165) is 30.7 Å². The van der Waals surface area contributed by atoms with Gasteiger partial charge in [-0.1, -0.05) is 37.1 Å². The SMILES string of the molecule is COC1=CC(=O)C(Sc2ccccn2)=C(C2CCCCC2)C1=O. The summed E-state index contributed by atoms with van der Waals surface area (Å²) < 4.78 is 5.13. The summed E-state index contributed by atoms with van der Waals surface area (Å²) in [4.78, 5) is 30.1. The van der Waals surface area contributed by atoms with Crippen LogP contribution in [0.1, 0.15) is 32.1 Å². The number of pyridine rings is 1. The van der Waals surface area contributed by atoms with Crippen LogP contribution in [-0.2, 0) is 14.3 Å². The summed E-state index contributed by atoms with van der Waals surface area (Å²) in [6.07, 6.45) is 8.30. The topological polar surface area (TPSA) is 56.3 Å². The fourth-order valence-corrected chi connectivity index (χ4v) is 4.15. The molecule has 120 valence electrons. The van der Waals surface area contributed by atoms with E-state index >= 15 is 0 Å². The van der Waals surface area contributed by atoms with Gasteiger partial charge in [-0.2, -0.15) is 0 Å². The largest absolute Gasteiger partial charge is 0.493 e. The van der Waals surface area contributed by atoms with Crippen molar-refractivity contribution in [2.24, 2.45) is 5.92 Å². The fraction of sp³-hybridized carbons (Fsp3) is 0.389. The Morgan fingerprint density at radius 3 is 2.61 bits per heavy atom. The van der Waals surface area contributed by atoms with Crippen molar-refractivity contribution in [1.82, 2.24) is 4.98 Å². The Kier molecular flexibility index (Phi) is 4.96. The van der Waals surface area contributed by atoms with Crippen LogP contribution in [0, 0.1) is 5.92 Å². The van der Waals surface area contributed by atoms with Crippen LogP contribution in [0.25, 0.3) is 0 Å². The number of Topliss-reactive ketones (excluding diaryl/α,β-unsaturated/α-hetero) is 1. The first-order valence-electron chi connectivity index (χ1n) is 7.88. The highest BCUT2D eigenvalue weighted by molar-refractivity contribution is 8.04. The van der Waals surface area contributed by atoms with Gasteiger partial charge in [0.15, 0.2) is 11.5 Å². The number of allylic oxidation sites excluding steroid dienone is 3. The first-order chi connectivity index (χ1) is 11.2. The Hall–Kier alpha value is -1.88. The van der Waals surface area contributed by atoms with Crippen molar-refractivity contribution < 1.29 is 14.3 Å². The quantitative estimate of drug-likeness (QED) is 0.789. The van der Waals surface area contributed by atoms with Crippen molar-refractivity contribution >= 4 is 23.3 Å². The van der Waals surface area contributed by atoms with Crippen LogP contribution in [0.4, 0.5) is 0 Å². The second-order valence-corrected chi connectivity index (χ2v) is 6.78. The lowest BCUT2D eigenvalue weighted by Gasteiger charge is -2.27. The molecule has 0 atom stereocenters. The van der Waals surface area contributed by atoms with Gasteiger partial charge in [0, 0.05) is 17.8 Å². The molecule has 3 rings (SSSR count). The average Bonchev–Trinajstić information content (AvgIpc) is 2.59. The number of nitrogens with zero attached hydrogens (tertiary/aromatic N) is 1. The van der Waals surface area contributed by atoms with Gasteiger partial charge in [-0.15, -0.1) is 0 Å². The normalized spacial score (nSPS) is 19.8. The van der Waals surface area contributed by atoms with Gasteiger partial charge in [-0.25, -0.2) is 4.98 Å². The molecule has 5 heteroatoms. The first kappa shape index (κ1) is 16.0. The Labute approximate surface area is 140 Å². The molecule has 1 heterocycles. The zero-order valence-corrected chi connectivity index (χ0v) is 13.9. The van der Waals surface area contributed by atoms with E-state index in [0.29, 0.717) is 10.5 Å². The van der Waals surface area contributed by atoms with Crippen molar-refractivity contribution in [3.05, 3.63) is 46.7 Å². The molecule has 0 saturated heterocycles. The number of thioether (sulfide) groups is 1. The highest BCUT2D eigenvalue weighted by Gasteiger charge is 2.35.